The van der Waals surface area contributed by atoms with Crippen LogP contribution in [0, 0.1) is 10.1 Å². The van der Waals surface area contributed by atoms with Crippen LogP contribution in [0.15, 0.2) is 66.7 Å². The topological polar surface area (TPSA) is 154 Å². The number of rotatable bonds is 11. The molecule has 1 aliphatic carbocycles. The van der Waals surface area contributed by atoms with Crippen LogP contribution in [0.2, 0.25) is 0 Å². The van der Waals surface area contributed by atoms with Crippen LogP contribution >= 0.6 is 11.8 Å². The summed E-state index contributed by atoms with van der Waals surface area (Å²) >= 11 is 0.801. The first kappa shape index (κ1) is 31.4. The smallest absolute Gasteiger partial charge is 0.407 e. The summed E-state index contributed by atoms with van der Waals surface area (Å²) in [6.07, 6.45) is -0.945. The highest BCUT2D eigenvalue weighted by Crippen LogP contribution is 2.44. The maximum absolute atomic E-state index is 13.2. The zero-order valence-corrected chi connectivity index (χ0v) is 24.9. The molecule has 43 heavy (non-hydrogen) atoms. The summed E-state index contributed by atoms with van der Waals surface area (Å²) in [5, 5.41) is 22.8. The van der Waals surface area contributed by atoms with Gasteiger partial charge in [0.05, 0.1) is 23.7 Å². The highest BCUT2D eigenvalue weighted by atomic mass is 32.2. The molecule has 3 aromatic carbocycles. The number of nitro groups is 1. The summed E-state index contributed by atoms with van der Waals surface area (Å²) in [7, 11) is 1.35. The summed E-state index contributed by atoms with van der Waals surface area (Å²) in [6, 6.07) is 18.2. The molecule has 0 spiro atoms. The first-order valence-corrected chi connectivity index (χ1v) is 14.5. The van der Waals surface area contributed by atoms with Gasteiger partial charge in [-0.15, -0.1) is 11.8 Å². The third kappa shape index (κ3) is 7.44. The van der Waals surface area contributed by atoms with Crippen LogP contribution in [0.3, 0.4) is 0 Å². The van der Waals surface area contributed by atoms with Gasteiger partial charge in [0.25, 0.3) is 5.69 Å². The summed E-state index contributed by atoms with van der Waals surface area (Å²) in [5.74, 6) is -2.48. The second kappa shape index (κ2) is 13.2. The van der Waals surface area contributed by atoms with Gasteiger partial charge in [0, 0.05) is 11.7 Å². The molecule has 2 N–H and O–H groups in total. The number of methoxy groups -OCH3 is 1. The average Bonchev–Trinajstić information content (AvgIpc) is 3.28. The summed E-state index contributed by atoms with van der Waals surface area (Å²) in [6.45, 7) is 4.92. The highest BCUT2D eigenvalue weighted by molar-refractivity contribution is 8.00. The van der Waals surface area contributed by atoms with Crippen molar-refractivity contribution in [3.8, 4) is 16.9 Å². The molecule has 0 saturated heterocycles. The molecule has 1 amide bonds. The Morgan fingerprint density at radius 3 is 2.16 bits per heavy atom. The number of carbonyl (C=O) groups excluding carboxylic acids is 2. The Balaban J connectivity index is 1.48. The van der Waals surface area contributed by atoms with Crippen molar-refractivity contribution in [2.75, 3.05) is 19.5 Å². The Labute approximate surface area is 252 Å². The molecule has 2 atom stereocenters. The molecule has 1 unspecified atom stereocenters. The van der Waals surface area contributed by atoms with Gasteiger partial charge in [-0.3, -0.25) is 14.9 Å². The highest BCUT2D eigenvalue weighted by Gasteiger charge is 2.35. The maximum atomic E-state index is 13.2. The van der Waals surface area contributed by atoms with Crippen LogP contribution in [0.4, 0.5) is 10.5 Å². The number of carboxylic acid groups (broad SMARTS) is 1. The van der Waals surface area contributed by atoms with Crippen LogP contribution in [0.1, 0.15) is 48.6 Å². The zero-order valence-electron chi connectivity index (χ0n) is 24.1. The lowest BCUT2D eigenvalue weighted by molar-refractivity contribution is -0.385. The molecule has 0 aliphatic heterocycles. The molecule has 11 nitrogen and oxygen atoms in total. The number of carboxylic acids is 1. The largest absolute Gasteiger partial charge is 0.497 e. The number of carbonyl (C=O) groups is 3. The predicted octanol–water partition coefficient (Wildman–Crippen LogP) is 5.71. The minimum Gasteiger partial charge on any atom is -0.497 e. The van der Waals surface area contributed by atoms with E-state index < -0.39 is 39.8 Å². The predicted molar refractivity (Wildman–Crippen MR) is 160 cm³/mol. The number of nitrogens with zero attached hydrogens (tertiary/aromatic N) is 1. The molecule has 0 heterocycles. The molecule has 0 fully saturated rings. The lowest BCUT2D eigenvalue weighted by Crippen LogP contribution is -2.43. The van der Waals surface area contributed by atoms with Crippen molar-refractivity contribution >= 4 is 35.5 Å². The molecule has 12 heteroatoms. The molecular formula is C31H32N2O9S. The molecule has 0 saturated carbocycles. The number of nitro benzene ring substituents is 1. The normalized spacial score (nSPS) is 13.7. The first-order valence-electron chi connectivity index (χ1n) is 13.4. The number of esters is 1. The number of hydrogen-bond acceptors (Lipinski definition) is 9. The van der Waals surface area contributed by atoms with Crippen LogP contribution in [-0.2, 0) is 19.1 Å². The number of aliphatic carboxylic acids is 1. The number of nitrogens with one attached hydrogen (secondary N) is 1. The lowest BCUT2D eigenvalue weighted by Gasteiger charge is -2.25. The lowest BCUT2D eigenvalue weighted by atomic mass is 9.98. The van der Waals surface area contributed by atoms with Crippen LogP contribution in [0.5, 0.6) is 5.75 Å². The second-order valence-electron chi connectivity index (χ2n) is 10.8. The third-order valence-electron chi connectivity index (χ3n) is 6.70. The molecule has 3 aromatic rings. The summed E-state index contributed by atoms with van der Waals surface area (Å²) in [4.78, 5) is 49.3. The Kier molecular flexibility index (Phi) is 9.59. The van der Waals surface area contributed by atoms with Crippen molar-refractivity contribution in [1.82, 2.24) is 5.32 Å². The van der Waals surface area contributed by atoms with Crippen molar-refractivity contribution in [1.29, 1.82) is 0 Å². The second-order valence-corrected chi connectivity index (χ2v) is 11.9. The number of alkyl carbamates (subject to hydrolysis) is 1. The third-order valence-corrected chi connectivity index (χ3v) is 8.01. The first-order chi connectivity index (χ1) is 20.4. The minimum absolute atomic E-state index is 0.00956. The van der Waals surface area contributed by atoms with E-state index in [0.717, 1.165) is 34.0 Å². The minimum atomic E-state index is -1.47. The van der Waals surface area contributed by atoms with E-state index in [1.165, 1.54) is 25.3 Å². The van der Waals surface area contributed by atoms with E-state index in [-0.39, 0.29) is 35.3 Å². The van der Waals surface area contributed by atoms with Gasteiger partial charge in [-0.25, -0.2) is 9.59 Å². The van der Waals surface area contributed by atoms with E-state index in [9.17, 15) is 29.6 Å². The van der Waals surface area contributed by atoms with Gasteiger partial charge < -0.3 is 24.6 Å². The van der Waals surface area contributed by atoms with Gasteiger partial charge in [0.2, 0.25) is 0 Å². The van der Waals surface area contributed by atoms with E-state index in [1.807, 2.05) is 48.5 Å². The molecule has 226 valence electrons. The summed E-state index contributed by atoms with van der Waals surface area (Å²) < 4.78 is 16.1. The molecule has 0 bridgehead atoms. The van der Waals surface area contributed by atoms with Crippen LogP contribution in [0.25, 0.3) is 11.1 Å². The fraction of sp³-hybridized carbons (Fsp3) is 0.323. The molecular weight excluding hydrogens is 576 g/mol. The van der Waals surface area contributed by atoms with Crippen molar-refractivity contribution in [3.63, 3.8) is 0 Å². The summed E-state index contributed by atoms with van der Waals surface area (Å²) in [5.41, 5.74) is 2.81. The zero-order chi connectivity index (χ0) is 31.3. The van der Waals surface area contributed by atoms with Crippen molar-refractivity contribution < 1.29 is 38.6 Å². The van der Waals surface area contributed by atoms with E-state index in [4.69, 9.17) is 14.2 Å². The van der Waals surface area contributed by atoms with Crippen LogP contribution in [-0.4, -0.2) is 59.2 Å². The fourth-order valence-electron chi connectivity index (χ4n) is 4.82. The van der Waals surface area contributed by atoms with Crippen LogP contribution < -0.4 is 10.1 Å². The fourth-order valence-corrected chi connectivity index (χ4v) is 5.99. The van der Waals surface area contributed by atoms with Gasteiger partial charge in [0.15, 0.2) is 0 Å². The van der Waals surface area contributed by atoms with E-state index in [2.05, 4.69) is 5.32 Å². The molecule has 0 aromatic heterocycles. The monoisotopic (exact) mass is 608 g/mol. The van der Waals surface area contributed by atoms with Crippen molar-refractivity contribution in [2.24, 2.45) is 0 Å². The van der Waals surface area contributed by atoms with Gasteiger partial charge >= 0.3 is 18.0 Å². The number of thioether (sulfide) groups is 1. The van der Waals surface area contributed by atoms with Crippen molar-refractivity contribution in [3.05, 3.63) is 93.5 Å². The molecule has 0 radical (unpaired) electrons. The van der Waals surface area contributed by atoms with Gasteiger partial charge in [0.1, 0.15) is 29.2 Å². The van der Waals surface area contributed by atoms with Gasteiger partial charge in [-0.2, -0.15) is 0 Å². The number of benzene rings is 3. The number of hydrogen-bond donors (Lipinski definition) is 2. The Morgan fingerprint density at radius 1 is 1.02 bits per heavy atom. The standard InChI is InChI=1S/C31H32N2O9S/c1-31(2,3)42-29(36)27(23-14-13-18(40-4)15-26(23)33(38)39)43-17-25(28(34)35)32-30(37)41-16-24-21-11-7-5-9-19(21)20-10-6-8-12-22(20)24/h5-15,24-25,27H,16-17H2,1-4H3,(H,32,37)(H,34,35)/t25-,27?/m0/s1. The molecule has 4 rings (SSSR count). The van der Waals surface area contributed by atoms with Gasteiger partial charge in [-0.05, 0) is 55.2 Å². The molecule has 1 aliphatic rings. The quantitative estimate of drug-likeness (QED) is 0.157. The van der Waals surface area contributed by atoms with Crippen molar-refractivity contribution in [2.45, 2.75) is 43.6 Å². The Bertz CT molecular complexity index is 1490. The Morgan fingerprint density at radius 2 is 1.63 bits per heavy atom. The van der Waals surface area contributed by atoms with E-state index in [0.29, 0.717) is 0 Å². The van der Waals surface area contributed by atoms with E-state index in [1.54, 1.807) is 20.8 Å². The number of ether oxygens (including phenoxy) is 3. The average molecular weight is 609 g/mol. The Hall–Kier alpha value is -4.58. The number of amides is 1. The van der Waals surface area contributed by atoms with E-state index >= 15 is 0 Å². The van der Waals surface area contributed by atoms with Gasteiger partial charge in [-0.1, -0.05) is 48.5 Å². The number of fused-ring (bicyclic) bond motifs is 3. The maximum Gasteiger partial charge on any atom is 0.407 e. The SMILES string of the molecule is COc1ccc(C(SC[C@H](NC(=O)OCC2c3ccccc3-c3ccccc32)C(=O)O)C(=O)OC(C)(C)C)c([N+](=O)[O-])c1.